The van der Waals surface area contributed by atoms with Crippen molar-refractivity contribution in [3.8, 4) is 11.3 Å². The molecule has 3 aromatic rings. The molecule has 0 unspecified atom stereocenters. The quantitative estimate of drug-likeness (QED) is 0.525. The predicted molar refractivity (Wildman–Crippen MR) is 91.0 cm³/mol. The molecule has 0 fully saturated rings. The summed E-state index contributed by atoms with van der Waals surface area (Å²) >= 11 is 6.09. The number of aryl methyl sites for hydroxylation is 2. The molecule has 0 aliphatic rings. The van der Waals surface area contributed by atoms with Crippen molar-refractivity contribution < 1.29 is 13.9 Å². The van der Waals surface area contributed by atoms with Crippen molar-refractivity contribution in [2.45, 2.75) is 19.7 Å². The van der Waals surface area contributed by atoms with Gasteiger partial charge in [-0.3, -0.25) is 0 Å². The molecular formula is C18H16ClFN2O2. The number of methoxy groups -OCH3 is 1. The minimum Gasteiger partial charge on any atom is -0.465 e. The van der Waals surface area contributed by atoms with E-state index >= 15 is 0 Å². The molecule has 4 nitrogen and oxygen atoms in total. The van der Waals surface area contributed by atoms with Crippen molar-refractivity contribution >= 4 is 23.2 Å². The lowest BCUT2D eigenvalue weighted by Crippen LogP contribution is -2.04. The van der Waals surface area contributed by atoms with Gasteiger partial charge in [0.1, 0.15) is 11.5 Å². The van der Waals surface area contributed by atoms with Gasteiger partial charge in [-0.05, 0) is 49.2 Å². The van der Waals surface area contributed by atoms with E-state index in [0.29, 0.717) is 28.2 Å². The highest BCUT2D eigenvalue weighted by Gasteiger charge is 2.21. The van der Waals surface area contributed by atoms with E-state index in [4.69, 9.17) is 11.6 Å². The third kappa shape index (κ3) is 2.65. The van der Waals surface area contributed by atoms with Gasteiger partial charge in [0.2, 0.25) is 0 Å². The first-order chi connectivity index (χ1) is 11.5. The van der Waals surface area contributed by atoms with Gasteiger partial charge in [0.25, 0.3) is 0 Å². The number of fused-ring (bicyclic) bond motifs is 1. The first-order valence-electron chi connectivity index (χ1n) is 7.38. The molecule has 124 valence electrons. The highest BCUT2D eigenvalue weighted by Crippen LogP contribution is 2.32. The molecule has 3 rings (SSSR count). The van der Waals surface area contributed by atoms with Crippen LogP contribution in [0, 0.1) is 19.7 Å². The Hall–Kier alpha value is -2.40. The molecule has 0 spiro atoms. The molecule has 0 bridgehead atoms. The van der Waals surface area contributed by atoms with Crippen LogP contribution in [0.2, 0.25) is 0 Å². The number of aromatic nitrogens is 2. The molecule has 0 amide bonds. The second-order valence-electron chi connectivity index (χ2n) is 5.61. The average molecular weight is 347 g/mol. The van der Waals surface area contributed by atoms with Crippen LogP contribution in [0.25, 0.3) is 16.9 Å². The van der Waals surface area contributed by atoms with Crippen LogP contribution >= 0.6 is 11.6 Å². The van der Waals surface area contributed by atoms with E-state index in [1.54, 1.807) is 13.0 Å². The van der Waals surface area contributed by atoms with E-state index in [2.05, 4.69) is 9.72 Å². The number of benzene rings is 1. The van der Waals surface area contributed by atoms with Crippen molar-refractivity contribution in [3.05, 3.63) is 58.7 Å². The lowest BCUT2D eigenvalue weighted by Gasteiger charge is -2.09. The topological polar surface area (TPSA) is 43.6 Å². The van der Waals surface area contributed by atoms with Crippen LogP contribution in [0.3, 0.4) is 0 Å². The van der Waals surface area contributed by atoms with Crippen molar-refractivity contribution in [1.29, 1.82) is 0 Å². The molecule has 0 aliphatic heterocycles. The molecule has 1 aromatic carbocycles. The van der Waals surface area contributed by atoms with Gasteiger partial charge in [-0.1, -0.05) is 0 Å². The largest absolute Gasteiger partial charge is 0.465 e. The minimum atomic E-state index is -0.577. The molecule has 6 heteroatoms. The number of imidazole rings is 1. The number of pyridine rings is 1. The van der Waals surface area contributed by atoms with Gasteiger partial charge < -0.3 is 9.14 Å². The maximum Gasteiger partial charge on any atom is 0.337 e. The summed E-state index contributed by atoms with van der Waals surface area (Å²) in [6.45, 7) is 3.70. The SMILES string of the molecule is COC(=O)c1cc(C)c(-c2nc3cc(C)ccn3c2CCl)c(F)c1. The fraction of sp³-hybridized carbons (Fsp3) is 0.222. The van der Waals surface area contributed by atoms with Gasteiger partial charge >= 0.3 is 5.97 Å². The maximum atomic E-state index is 14.7. The fourth-order valence-electron chi connectivity index (χ4n) is 2.80. The summed E-state index contributed by atoms with van der Waals surface area (Å²) in [5, 5.41) is 0. The third-order valence-electron chi connectivity index (χ3n) is 3.95. The molecule has 0 aliphatic carbocycles. The molecule has 0 saturated heterocycles. The number of carbonyl (C=O) groups excluding carboxylic acids is 1. The Kier molecular flexibility index (Phi) is 4.28. The summed E-state index contributed by atoms with van der Waals surface area (Å²) in [4.78, 5) is 16.2. The summed E-state index contributed by atoms with van der Waals surface area (Å²) in [5.74, 6) is -0.911. The Morgan fingerprint density at radius 1 is 1.33 bits per heavy atom. The first kappa shape index (κ1) is 16.5. The normalized spacial score (nSPS) is 11.0. The van der Waals surface area contributed by atoms with Gasteiger partial charge in [-0.25, -0.2) is 14.2 Å². The summed E-state index contributed by atoms with van der Waals surface area (Å²) in [6, 6.07) is 6.62. The van der Waals surface area contributed by atoms with E-state index in [1.807, 2.05) is 29.7 Å². The van der Waals surface area contributed by atoms with Crippen LogP contribution in [0.4, 0.5) is 4.39 Å². The van der Waals surface area contributed by atoms with Crippen molar-refractivity contribution in [2.75, 3.05) is 7.11 Å². The van der Waals surface area contributed by atoms with Crippen LogP contribution in [0.15, 0.2) is 30.5 Å². The summed E-state index contributed by atoms with van der Waals surface area (Å²) in [5.41, 5.74) is 4.07. The van der Waals surface area contributed by atoms with Crippen LogP contribution in [-0.4, -0.2) is 22.5 Å². The van der Waals surface area contributed by atoms with E-state index in [1.165, 1.54) is 13.2 Å². The number of rotatable bonds is 3. The molecular weight excluding hydrogens is 331 g/mol. The Balaban J connectivity index is 2.26. The molecule has 0 atom stereocenters. The van der Waals surface area contributed by atoms with Gasteiger partial charge in [0.05, 0.1) is 29.9 Å². The molecule has 0 N–H and O–H groups in total. The van der Waals surface area contributed by atoms with Gasteiger partial charge in [0, 0.05) is 11.8 Å². The molecule has 24 heavy (non-hydrogen) atoms. The van der Waals surface area contributed by atoms with Crippen molar-refractivity contribution in [2.24, 2.45) is 0 Å². The number of nitrogens with zero attached hydrogens (tertiary/aromatic N) is 2. The average Bonchev–Trinajstić information content (AvgIpc) is 2.90. The van der Waals surface area contributed by atoms with E-state index < -0.39 is 11.8 Å². The van der Waals surface area contributed by atoms with Crippen LogP contribution in [-0.2, 0) is 10.6 Å². The molecule has 2 heterocycles. The maximum absolute atomic E-state index is 14.7. The Morgan fingerprint density at radius 2 is 2.08 bits per heavy atom. The zero-order chi connectivity index (χ0) is 17.4. The standard InChI is InChI=1S/C18H16ClFN2O2/c1-10-4-5-22-14(9-19)17(21-15(22)6-10)16-11(2)7-12(8-13(16)20)18(23)24-3/h4-8H,9H2,1-3H3. The van der Waals surface area contributed by atoms with Gasteiger partial charge in [0.15, 0.2) is 0 Å². The summed E-state index contributed by atoms with van der Waals surface area (Å²) in [7, 11) is 1.26. The number of hydrogen-bond donors (Lipinski definition) is 0. The highest BCUT2D eigenvalue weighted by atomic mass is 35.5. The Labute approximate surface area is 143 Å². The fourth-order valence-corrected chi connectivity index (χ4v) is 3.06. The number of halogens is 2. The van der Waals surface area contributed by atoms with Crippen LogP contribution in [0.5, 0.6) is 0 Å². The zero-order valence-corrected chi connectivity index (χ0v) is 14.3. The minimum absolute atomic E-state index is 0.170. The summed E-state index contributed by atoms with van der Waals surface area (Å²) in [6.07, 6.45) is 1.87. The zero-order valence-electron chi connectivity index (χ0n) is 13.6. The Bertz CT molecular complexity index is 927. The third-order valence-corrected chi connectivity index (χ3v) is 4.21. The van der Waals surface area contributed by atoms with E-state index in [0.717, 1.165) is 5.56 Å². The number of hydrogen-bond acceptors (Lipinski definition) is 3. The van der Waals surface area contributed by atoms with Crippen molar-refractivity contribution in [1.82, 2.24) is 9.38 Å². The van der Waals surface area contributed by atoms with E-state index in [-0.39, 0.29) is 11.4 Å². The van der Waals surface area contributed by atoms with Gasteiger partial charge in [-0.15, -0.1) is 11.6 Å². The number of alkyl halides is 1. The smallest absolute Gasteiger partial charge is 0.337 e. The van der Waals surface area contributed by atoms with E-state index in [9.17, 15) is 9.18 Å². The molecule has 2 aromatic heterocycles. The first-order valence-corrected chi connectivity index (χ1v) is 7.92. The summed E-state index contributed by atoms with van der Waals surface area (Å²) < 4.78 is 21.2. The van der Waals surface area contributed by atoms with Crippen molar-refractivity contribution in [3.63, 3.8) is 0 Å². The van der Waals surface area contributed by atoms with Crippen LogP contribution < -0.4 is 0 Å². The molecule has 0 saturated carbocycles. The highest BCUT2D eigenvalue weighted by molar-refractivity contribution is 6.17. The Morgan fingerprint density at radius 3 is 2.71 bits per heavy atom. The lowest BCUT2D eigenvalue weighted by molar-refractivity contribution is 0.0600. The predicted octanol–water partition coefficient (Wildman–Crippen LogP) is 4.28. The lowest BCUT2D eigenvalue weighted by atomic mass is 10.0. The number of ether oxygens (including phenoxy) is 1. The second-order valence-corrected chi connectivity index (χ2v) is 5.88. The number of carbonyl (C=O) groups is 1. The number of esters is 1. The second kappa shape index (κ2) is 6.24. The monoisotopic (exact) mass is 346 g/mol. The van der Waals surface area contributed by atoms with Crippen LogP contribution in [0.1, 0.15) is 27.2 Å². The molecule has 0 radical (unpaired) electrons. The van der Waals surface area contributed by atoms with Gasteiger partial charge in [-0.2, -0.15) is 0 Å².